The minimum Gasteiger partial charge on any atom is -0.480 e. The number of hydrogen-bond donors (Lipinski definition) is 2. The maximum atomic E-state index is 11.3. The molecule has 0 aliphatic carbocycles. The van der Waals surface area contributed by atoms with E-state index in [0.29, 0.717) is 0 Å². The van der Waals surface area contributed by atoms with E-state index in [4.69, 9.17) is 5.11 Å². The van der Waals surface area contributed by atoms with Gasteiger partial charge in [0.25, 0.3) is 0 Å². The third-order valence-electron chi connectivity index (χ3n) is 1.81. The number of carbonyl (C=O) groups excluding carboxylic acids is 1. The van der Waals surface area contributed by atoms with E-state index in [-0.39, 0.29) is 18.6 Å². The molecule has 0 aromatic carbocycles. The van der Waals surface area contributed by atoms with E-state index in [1.807, 2.05) is 13.8 Å². The lowest BCUT2D eigenvalue weighted by atomic mass is 10.2. The van der Waals surface area contributed by atoms with Crippen LogP contribution in [0.3, 0.4) is 0 Å². The highest BCUT2D eigenvalue weighted by Crippen LogP contribution is 1.96. The van der Waals surface area contributed by atoms with Crippen LogP contribution in [0, 0.1) is 0 Å². The molecule has 0 aliphatic heterocycles. The summed E-state index contributed by atoms with van der Waals surface area (Å²) in [5.74, 6) is -1.01. The van der Waals surface area contributed by atoms with Gasteiger partial charge in [0.05, 0.1) is 0 Å². The summed E-state index contributed by atoms with van der Waals surface area (Å²) in [6.45, 7) is 3.66. The van der Waals surface area contributed by atoms with Crippen LogP contribution in [-0.4, -0.2) is 41.6 Å². The quantitative estimate of drug-likeness (QED) is 0.696. The number of carbonyl (C=O) groups is 2. The third-order valence-corrected chi connectivity index (χ3v) is 1.81. The Morgan fingerprint density at radius 3 is 2.50 bits per heavy atom. The lowest BCUT2D eigenvalue weighted by Gasteiger charge is -2.19. The van der Waals surface area contributed by atoms with Gasteiger partial charge in [0.15, 0.2) is 0 Å². The molecule has 0 aromatic rings. The molecule has 5 heteroatoms. The molecule has 0 aromatic heterocycles. The van der Waals surface area contributed by atoms with Crippen molar-refractivity contribution in [3.63, 3.8) is 0 Å². The standard InChI is InChI=1S/C9H18N2O3/c1-4-5-7(2)10-9(14)11(3)6-8(12)13/h7H,4-6H2,1-3H3,(H,10,14)(H,12,13). The Labute approximate surface area is 84.1 Å². The van der Waals surface area contributed by atoms with Gasteiger partial charge in [-0.1, -0.05) is 13.3 Å². The molecule has 0 aliphatic rings. The summed E-state index contributed by atoms with van der Waals surface area (Å²) in [4.78, 5) is 22.8. The van der Waals surface area contributed by atoms with Crippen molar-refractivity contribution < 1.29 is 14.7 Å². The molecule has 2 N–H and O–H groups in total. The fraction of sp³-hybridized carbons (Fsp3) is 0.778. The minimum absolute atomic E-state index is 0.0868. The molecule has 82 valence electrons. The molecule has 0 fully saturated rings. The van der Waals surface area contributed by atoms with E-state index < -0.39 is 5.97 Å². The van der Waals surface area contributed by atoms with Crippen LogP contribution in [0.2, 0.25) is 0 Å². The molecule has 0 rings (SSSR count). The van der Waals surface area contributed by atoms with Crippen LogP contribution in [0.1, 0.15) is 26.7 Å². The van der Waals surface area contributed by atoms with Crippen molar-refractivity contribution in [1.29, 1.82) is 0 Å². The van der Waals surface area contributed by atoms with Gasteiger partial charge in [-0.05, 0) is 13.3 Å². The van der Waals surface area contributed by atoms with Crippen LogP contribution in [-0.2, 0) is 4.79 Å². The lowest BCUT2D eigenvalue weighted by molar-refractivity contribution is -0.137. The lowest BCUT2D eigenvalue weighted by Crippen LogP contribution is -2.43. The highest BCUT2D eigenvalue weighted by Gasteiger charge is 2.13. The van der Waals surface area contributed by atoms with Crippen molar-refractivity contribution in [2.45, 2.75) is 32.7 Å². The summed E-state index contributed by atoms with van der Waals surface area (Å²) < 4.78 is 0. The van der Waals surface area contributed by atoms with Crippen LogP contribution < -0.4 is 5.32 Å². The van der Waals surface area contributed by atoms with Crippen LogP contribution in [0.25, 0.3) is 0 Å². The molecular formula is C9H18N2O3. The zero-order valence-electron chi connectivity index (χ0n) is 8.91. The Hall–Kier alpha value is -1.26. The van der Waals surface area contributed by atoms with E-state index in [2.05, 4.69) is 5.32 Å². The summed E-state index contributed by atoms with van der Waals surface area (Å²) in [5, 5.41) is 11.2. The first-order valence-corrected chi connectivity index (χ1v) is 4.70. The summed E-state index contributed by atoms with van der Waals surface area (Å²) in [6.07, 6.45) is 1.89. The Morgan fingerprint density at radius 2 is 2.07 bits per heavy atom. The van der Waals surface area contributed by atoms with E-state index in [1.54, 1.807) is 0 Å². The molecule has 5 nitrogen and oxygen atoms in total. The smallest absolute Gasteiger partial charge is 0.323 e. The number of rotatable bonds is 5. The summed E-state index contributed by atoms with van der Waals surface area (Å²) >= 11 is 0. The first-order valence-electron chi connectivity index (χ1n) is 4.70. The fourth-order valence-corrected chi connectivity index (χ4v) is 1.10. The Balaban J connectivity index is 3.88. The van der Waals surface area contributed by atoms with Gasteiger partial charge in [0.2, 0.25) is 0 Å². The molecule has 2 amide bonds. The van der Waals surface area contributed by atoms with Gasteiger partial charge in [-0.25, -0.2) is 4.79 Å². The number of carboxylic acids is 1. The van der Waals surface area contributed by atoms with Crippen molar-refractivity contribution >= 4 is 12.0 Å². The summed E-state index contributed by atoms with van der Waals surface area (Å²) in [7, 11) is 1.46. The van der Waals surface area contributed by atoms with Crippen molar-refractivity contribution in [1.82, 2.24) is 10.2 Å². The number of aliphatic carboxylic acids is 1. The van der Waals surface area contributed by atoms with Gasteiger partial charge >= 0.3 is 12.0 Å². The highest BCUT2D eigenvalue weighted by atomic mass is 16.4. The molecule has 0 radical (unpaired) electrons. The van der Waals surface area contributed by atoms with E-state index in [0.717, 1.165) is 17.7 Å². The summed E-state index contributed by atoms with van der Waals surface area (Å²) in [6, 6.07) is -0.253. The SMILES string of the molecule is CCCC(C)NC(=O)N(C)CC(=O)O. The average molecular weight is 202 g/mol. The maximum Gasteiger partial charge on any atom is 0.323 e. The van der Waals surface area contributed by atoms with Crippen molar-refractivity contribution in [3.8, 4) is 0 Å². The molecule has 0 bridgehead atoms. The van der Waals surface area contributed by atoms with Crippen molar-refractivity contribution in [3.05, 3.63) is 0 Å². The monoisotopic (exact) mass is 202 g/mol. The van der Waals surface area contributed by atoms with Crippen LogP contribution in [0.4, 0.5) is 4.79 Å². The number of amides is 2. The number of likely N-dealkylation sites (N-methyl/N-ethyl adjacent to an activating group) is 1. The predicted octanol–water partition coefficient (Wildman–Crippen LogP) is 0.901. The Morgan fingerprint density at radius 1 is 1.50 bits per heavy atom. The molecule has 0 saturated carbocycles. The number of urea groups is 1. The molecular weight excluding hydrogens is 184 g/mol. The fourth-order valence-electron chi connectivity index (χ4n) is 1.10. The average Bonchev–Trinajstić information content (AvgIpc) is 2.02. The minimum atomic E-state index is -1.01. The third kappa shape index (κ3) is 5.40. The van der Waals surface area contributed by atoms with Gasteiger partial charge in [0.1, 0.15) is 6.54 Å². The molecule has 1 unspecified atom stereocenters. The van der Waals surface area contributed by atoms with Gasteiger partial charge < -0.3 is 15.3 Å². The first-order chi connectivity index (χ1) is 6.47. The zero-order chi connectivity index (χ0) is 11.1. The van der Waals surface area contributed by atoms with Gasteiger partial charge in [-0.15, -0.1) is 0 Å². The molecule has 1 atom stereocenters. The number of nitrogens with one attached hydrogen (secondary N) is 1. The largest absolute Gasteiger partial charge is 0.480 e. The van der Waals surface area contributed by atoms with Crippen LogP contribution in [0.15, 0.2) is 0 Å². The predicted molar refractivity (Wildman–Crippen MR) is 53.2 cm³/mol. The molecule has 0 heterocycles. The van der Waals surface area contributed by atoms with Crippen LogP contribution in [0.5, 0.6) is 0 Å². The van der Waals surface area contributed by atoms with Gasteiger partial charge in [-0.3, -0.25) is 4.79 Å². The van der Waals surface area contributed by atoms with Crippen molar-refractivity contribution in [2.75, 3.05) is 13.6 Å². The maximum absolute atomic E-state index is 11.3. The highest BCUT2D eigenvalue weighted by molar-refractivity contribution is 5.79. The first kappa shape index (κ1) is 12.7. The zero-order valence-corrected chi connectivity index (χ0v) is 8.91. The van der Waals surface area contributed by atoms with Gasteiger partial charge in [0, 0.05) is 13.1 Å². The van der Waals surface area contributed by atoms with E-state index >= 15 is 0 Å². The second-order valence-electron chi connectivity index (χ2n) is 3.39. The molecule has 14 heavy (non-hydrogen) atoms. The Bertz CT molecular complexity index is 206. The number of carboxylic acid groups (broad SMARTS) is 1. The van der Waals surface area contributed by atoms with E-state index in [1.165, 1.54) is 7.05 Å². The van der Waals surface area contributed by atoms with Crippen molar-refractivity contribution in [2.24, 2.45) is 0 Å². The molecule has 0 spiro atoms. The molecule has 0 saturated heterocycles. The normalized spacial score (nSPS) is 11.9. The number of nitrogens with zero attached hydrogens (tertiary/aromatic N) is 1. The second kappa shape index (κ2) is 6.23. The van der Waals surface area contributed by atoms with E-state index in [9.17, 15) is 9.59 Å². The van der Waals surface area contributed by atoms with Gasteiger partial charge in [-0.2, -0.15) is 0 Å². The van der Waals surface area contributed by atoms with Crippen LogP contribution >= 0.6 is 0 Å². The summed E-state index contributed by atoms with van der Waals surface area (Å²) in [5.41, 5.74) is 0. The number of hydrogen-bond acceptors (Lipinski definition) is 2. The topological polar surface area (TPSA) is 69.6 Å². The second-order valence-corrected chi connectivity index (χ2v) is 3.39. The Kier molecular flexibility index (Phi) is 5.67.